The number of nitrogens with two attached hydrogens (primary N) is 1. The zero-order valence-corrected chi connectivity index (χ0v) is 11.9. The van der Waals surface area contributed by atoms with E-state index in [9.17, 15) is 19.2 Å². The lowest BCUT2D eigenvalue weighted by atomic mass is 10.2. The summed E-state index contributed by atoms with van der Waals surface area (Å²) in [6, 6.07) is -4.00. The average molecular weight is 320 g/mol. The summed E-state index contributed by atoms with van der Waals surface area (Å²) in [5, 5.41) is 32.9. The molecule has 0 aliphatic heterocycles. The second-order valence-electron chi connectivity index (χ2n) is 4.32. The molecular weight excluding hydrogens is 300 g/mol. The van der Waals surface area contributed by atoms with E-state index in [2.05, 4.69) is 10.6 Å². The van der Waals surface area contributed by atoms with E-state index in [0.717, 1.165) is 0 Å². The molecule has 0 unspecified atom stereocenters. The highest BCUT2D eigenvalue weighted by Gasteiger charge is 2.27. The van der Waals surface area contributed by atoms with E-state index in [1.807, 2.05) is 5.32 Å². The molecule has 3 amide bonds. The Morgan fingerprint density at radius 3 is 1.86 bits per heavy atom. The summed E-state index contributed by atoms with van der Waals surface area (Å²) in [6.07, 6.45) is 0. The third-order valence-electron chi connectivity index (χ3n) is 2.57. The zero-order valence-electron chi connectivity index (χ0n) is 11.9. The number of carboxylic acids is 1. The molecule has 0 radical (unpaired) electrons. The molecule has 3 atom stereocenters. The minimum atomic E-state index is -1.56. The number of nitrogens with one attached hydrogen (secondary N) is 3. The van der Waals surface area contributed by atoms with Gasteiger partial charge in [-0.3, -0.25) is 14.4 Å². The summed E-state index contributed by atoms with van der Waals surface area (Å²) in [6.45, 7) is -0.635. The van der Waals surface area contributed by atoms with Crippen molar-refractivity contribution in [3.63, 3.8) is 0 Å². The van der Waals surface area contributed by atoms with Crippen LogP contribution in [0.15, 0.2) is 0 Å². The Kier molecular flexibility index (Phi) is 8.67. The summed E-state index contributed by atoms with van der Waals surface area (Å²) < 4.78 is 0. The van der Waals surface area contributed by atoms with E-state index < -0.39 is 55.0 Å². The van der Waals surface area contributed by atoms with E-state index in [-0.39, 0.29) is 6.54 Å². The first-order chi connectivity index (χ1) is 10.3. The molecule has 0 bridgehead atoms. The molecule has 0 heterocycles. The molecule has 0 aliphatic rings. The van der Waals surface area contributed by atoms with Gasteiger partial charge in [-0.25, -0.2) is 4.79 Å². The van der Waals surface area contributed by atoms with Crippen molar-refractivity contribution in [2.75, 3.05) is 19.8 Å². The number of aliphatic carboxylic acids is 1. The number of hydrogen-bond acceptors (Lipinski definition) is 7. The van der Waals surface area contributed by atoms with Gasteiger partial charge in [0.05, 0.1) is 19.8 Å². The van der Waals surface area contributed by atoms with E-state index in [1.165, 1.54) is 6.92 Å². The molecule has 8 N–H and O–H groups in total. The van der Waals surface area contributed by atoms with Gasteiger partial charge in [-0.15, -0.1) is 0 Å². The van der Waals surface area contributed by atoms with Crippen LogP contribution in [0.5, 0.6) is 0 Å². The Labute approximate surface area is 125 Å². The van der Waals surface area contributed by atoms with Crippen LogP contribution in [0, 0.1) is 0 Å². The lowest BCUT2D eigenvalue weighted by Gasteiger charge is -2.21. The zero-order chi connectivity index (χ0) is 17.3. The molecule has 0 saturated heterocycles. The van der Waals surface area contributed by atoms with Crippen molar-refractivity contribution in [3.8, 4) is 0 Å². The fourth-order valence-electron chi connectivity index (χ4n) is 1.31. The quantitative estimate of drug-likeness (QED) is 0.221. The molecule has 0 spiro atoms. The average Bonchev–Trinajstić information content (AvgIpc) is 2.48. The van der Waals surface area contributed by atoms with Crippen LogP contribution in [0.3, 0.4) is 0 Å². The van der Waals surface area contributed by atoms with Gasteiger partial charge >= 0.3 is 5.97 Å². The topological polar surface area (TPSA) is 191 Å². The molecular formula is C11H20N4O7. The molecule has 22 heavy (non-hydrogen) atoms. The van der Waals surface area contributed by atoms with E-state index in [0.29, 0.717) is 0 Å². The summed E-state index contributed by atoms with van der Waals surface area (Å²) >= 11 is 0. The molecule has 0 aliphatic carbocycles. The maximum absolute atomic E-state index is 11.7. The lowest BCUT2D eigenvalue weighted by molar-refractivity contribution is -0.143. The summed E-state index contributed by atoms with van der Waals surface area (Å²) in [4.78, 5) is 45.2. The van der Waals surface area contributed by atoms with Crippen molar-refractivity contribution in [1.82, 2.24) is 16.0 Å². The van der Waals surface area contributed by atoms with Gasteiger partial charge in [0.25, 0.3) is 0 Å². The molecule has 126 valence electrons. The van der Waals surface area contributed by atoms with Crippen LogP contribution >= 0.6 is 0 Å². The van der Waals surface area contributed by atoms with Gasteiger partial charge in [-0.1, -0.05) is 0 Å². The van der Waals surface area contributed by atoms with E-state index in [4.69, 9.17) is 21.1 Å². The van der Waals surface area contributed by atoms with Gasteiger partial charge < -0.3 is 37.0 Å². The highest BCUT2D eigenvalue weighted by atomic mass is 16.4. The Hall–Kier alpha value is -2.24. The van der Waals surface area contributed by atoms with Crippen LogP contribution in [0.4, 0.5) is 0 Å². The number of aliphatic hydroxyl groups is 2. The second-order valence-corrected chi connectivity index (χ2v) is 4.32. The Balaban J connectivity index is 4.63. The minimum Gasteiger partial charge on any atom is -0.480 e. The number of carbonyl (C=O) groups excluding carboxylic acids is 3. The van der Waals surface area contributed by atoms with Crippen molar-refractivity contribution < 1.29 is 34.5 Å². The van der Waals surface area contributed by atoms with Crippen molar-refractivity contribution in [2.24, 2.45) is 5.73 Å². The Morgan fingerprint density at radius 2 is 1.45 bits per heavy atom. The SMILES string of the molecule is C[C@H](NC(=O)CN)C(=O)N[C@@H](CO)C(=O)N[C@@H](CO)C(=O)O. The van der Waals surface area contributed by atoms with E-state index >= 15 is 0 Å². The van der Waals surface area contributed by atoms with Crippen LogP contribution in [0.1, 0.15) is 6.92 Å². The smallest absolute Gasteiger partial charge is 0.328 e. The first-order valence-electron chi connectivity index (χ1n) is 6.31. The first-order valence-corrected chi connectivity index (χ1v) is 6.31. The van der Waals surface area contributed by atoms with Gasteiger partial charge in [-0.05, 0) is 6.92 Å². The fraction of sp³-hybridized carbons (Fsp3) is 0.636. The third kappa shape index (κ3) is 6.47. The number of carboxylic acid groups (broad SMARTS) is 1. The molecule has 0 saturated carbocycles. The Bertz CT molecular complexity index is 429. The molecule has 11 nitrogen and oxygen atoms in total. The van der Waals surface area contributed by atoms with Gasteiger partial charge in [0.1, 0.15) is 18.1 Å². The monoisotopic (exact) mass is 320 g/mol. The van der Waals surface area contributed by atoms with Gasteiger partial charge in [-0.2, -0.15) is 0 Å². The number of aliphatic hydroxyl groups excluding tert-OH is 2. The molecule has 0 aromatic heterocycles. The van der Waals surface area contributed by atoms with Crippen LogP contribution < -0.4 is 21.7 Å². The predicted molar refractivity (Wildman–Crippen MR) is 72.3 cm³/mol. The number of hydrogen-bond donors (Lipinski definition) is 7. The standard InChI is InChI=1S/C11H20N4O7/c1-5(13-8(18)2-12)9(19)14-6(3-16)10(20)15-7(4-17)11(21)22/h5-7,16-17H,2-4,12H2,1H3,(H,13,18)(H,14,19)(H,15,20)(H,21,22)/t5-,6-,7-/m0/s1. The maximum Gasteiger partial charge on any atom is 0.328 e. The third-order valence-corrected chi connectivity index (χ3v) is 2.57. The molecule has 0 aromatic carbocycles. The Morgan fingerprint density at radius 1 is 0.955 bits per heavy atom. The fourth-order valence-corrected chi connectivity index (χ4v) is 1.31. The minimum absolute atomic E-state index is 0.321. The van der Waals surface area contributed by atoms with Crippen LogP contribution in [-0.2, 0) is 19.2 Å². The predicted octanol–water partition coefficient (Wildman–Crippen LogP) is -4.51. The van der Waals surface area contributed by atoms with Gasteiger partial charge in [0.2, 0.25) is 17.7 Å². The molecule has 11 heteroatoms. The molecule has 0 fully saturated rings. The largest absolute Gasteiger partial charge is 0.480 e. The van der Waals surface area contributed by atoms with Crippen LogP contribution in [-0.4, -0.2) is 76.9 Å². The first kappa shape index (κ1) is 19.8. The normalized spacial score (nSPS) is 14.4. The van der Waals surface area contributed by atoms with Crippen molar-refractivity contribution in [1.29, 1.82) is 0 Å². The van der Waals surface area contributed by atoms with Gasteiger partial charge in [0, 0.05) is 0 Å². The number of carbonyl (C=O) groups is 4. The number of rotatable bonds is 9. The second kappa shape index (κ2) is 9.65. The van der Waals surface area contributed by atoms with Crippen LogP contribution in [0.25, 0.3) is 0 Å². The van der Waals surface area contributed by atoms with Gasteiger partial charge in [0.15, 0.2) is 0 Å². The highest BCUT2D eigenvalue weighted by Crippen LogP contribution is 1.91. The maximum atomic E-state index is 11.7. The summed E-state index contributed by atoms with van der Waals surface area (Å²) in [7, 11) is 0. The van der Waals surface area contributed by atoms with E-state index in [1.54, 1.807) is 0 Å². The van der Waals surface area contributed by atoms with Crippen molar-refractivity contribution >= 4 is 23.7 Å². The molecule has 0 rings (SSSR count). The lowest BCUT2D eigenvalue weighted by Crippen LogP contribution is -2.57. The highest BCUT2D eigenvalue weighted by molar-refractivity contribution is 5.93. The van der Waals surface area contributed by atoms with Crippen molar-refractivity contribution in [2.45, 2.75) is 25.0 Å². The number of amides is 3. The van der Waals surface area contributed by atoms with Crippen LogP contribution in [0.2, 0.25) is 0 Å². The van der Waals surface area contributed by atoms with Crippen molar-refractivity contribution in [3.05, 3.63) is 0 Å². The molecule has 0 aromatic rings. The summed E-state index contributed by atoms with van der Waals surface area (Å²) in [5.41, 5.74) is 5.07. The summed E-state index contributed by atoms with van der Waals surface area (Å²) in [5.74, 6) is -3.82.